The summed E-state index contributed by atoms with van der Waals surface area (Å²) in [6.07, 6.45) is 3.76. The summed E-state index contributed by atoms with van der Waals surface area (Å²) < 4.78 is 1.34. The van der Waals surface area contributed by atoms with E-state index in [0.717, 1.165) is 6.42 Å². The van der Waals surface area contributed by atoms with Crippen LogP contribution < -0.4 is 22.3 Å². The lowest BCUT2D eigenvalue weighted by Crippen LogP contribution is -2.34. The van der Waals surface area contributed by atoms with Gasteiger partial charge in [0.15, 0.2) is 0 Å². The zero-order chi connectivity index (χ0) is 14.5. The van der Waals surface area contributed by atoms with E-state index in [1.165, 1.54) is 10.9 Å². The van der Waals surface area contributed by atoms with Crippen molar-refractivity contribution in [2.75, 3.05) is 11.1 Å². The van der Waals surface area contributed by atoms with E-state index in [9.17, 15) is 9.59 Å². The Kier molecular flexibility index (Phi) is 4.14. The number of aromatic amines is 1. The largest absolute Gasteiger partial charge is 0.383 e. The molecular formula is C12H16N6O2. The Morgan fingerprint density at radius 3 is 2.90 bits per heavy atom. The van der Waals surface area contributed by atoms with Crippen LogP contribution in [0.25, 0.3) is 0 Å². The van der Waals surface area contributed by atoms with Crippen LogP contribution in [0.4, 0.5) is 11.5 Å². The van der Waals surface area contributed by atoms with Crippen molar-refractivity contribution in [3.63, 3.8) is 0 Å². The zero-order valence-corrected chi connectivity index (χ0v) is 11.1. The SMILES string of the molecule is CCCn1c(N)c(NCc2ccncn2)c(=O)[nH]c1=O. The Bertz CT molecular complexity index is 691. The minimum Gasteiger partial charge on any atom is -0.383 e. The summed E-state index contributed by atoms with van der Waals surface area (Å²) in [6, 6.07) is 1.72. The van der Waals surface area contributed by atoms with Crippen molar-refractivity contribution in [3.05, 3.63) is 45.1 Å². The molecule has 0 saturated heterocycles. The van der Waals surface area contributed by atoms with Crippen molar-refractivity contribution in [2.24, 2.45) is 0 Å². The van der Waals surface area contributed by atoms with Gasteiger partial charge in [0.2, 0.25) is 0 Å². The van der Waals surface area contributed by atoms with Crippen LogP contribution in [-0.4, -0.2) is 19.5 Å². The van der Waals surface area contributed by atoms with Gasteiger partial charge in [-0.2, -0.15) is 0 Å². The number of nitrogen functional groups attached to an aromatic ring is 1. The molecule has 0 amide bonds. The highest BCUT2D eigenvalue weighted by Crippen LogP contribution is 2.11. The summed E-state index contributed by atoms with van der Waals surface area (Å²) in [6.45, 7) is 2.69. The number of hydrogen-bond acceptors (Lipinski definition) is 6. The Balaban J connectivity index is 2.30. The fourth-order valence-corrected chi connectivity index (χ4v) is 1.81. The molecule has 4 N–H and O–H groups in total. The van der Waals surface area contributed by atoms with Crippen molar-refractivity contribution in [1.82, 2.24) is 19.5 Å². The first kappa shape index (κ1) is 13.8. The molecule has 0 aliphatic carbocycles. The van der Waals surface area contributed by atoms with Crippen LogP contribution >= 0.6 is 0 Å². The number of nitrogens with zero attached hydrogens (tertiary/aromatic N) is 3. The van der Waals surface area contributed by atoms with Crippen molar-refractivity contribution < 1.29 is 0 Å². The first-order valence-corrected chi connectivity index (χ1v) is 6.24. The number of nitrogens with two attached hydrogens (primary N) is 1. The molecule has 2 aromatic rings. The normalized spacial score (nSPS) is 10.4. The maximum Gasteiger partial charge on any atom is 0.330 e. The van der Waals surface area contributed by atoms with E-state index in [0.29, 0.717) is 18.8 Å². The van der Waals surface area contributed by atoms with Gasteiger partial charge in [-0.3, -0.25) is 14.3 Å². The minimum atomic E-state index is -0.533. The molecule has 2 heterocycles. The average Bonchev–Trinajstić information content (AvgIpc) is 2.44. The Hall–Kier alpha value is -2.64. The predicted molar refractivity (Wildman–Crippen MR) is 75.4 cm³/mol. The van der Waals surface area contributed by atoms with Crippen LogP contribution in [0.3, 0.4) is 0 Å². The van der Waals surface area contributed by atoms with Crippen LogP contribution in [0, 0.1) is 0 Å². The first-order valence-electron chi connectivity index (χ1n) is 6.24. The lowest BCUT2D eigenvalue weighted by atomic mass is 10.3. The second-order valence-corrected chi connectivity index (χ2v) is 4.23. The van der Waals surface area contributed by atoms with Crippen molar-refractivity contribution in [1.29, 1.82) is 0 Å². The summed E-state index contributed by atoms with van der Waals surface area (Å²) in [5.41, 5.74) is 5.74. The summed E-state index contributed by atoms with van der Waals surface area (Å²) in [7, 11) is 0. The fourth-order valence-electron chi connectivity index (χ4n) is 1.81. The molecule has 0 fully saturated rings. The Labute approximate surface area is 114 Å². The highest BCUT2D eigenvalue weighted by Gasteiger charge is 2.11. The summed E-state index contributed by atoms with van der Waals surface area (Å²) in [5.74, 6) is 0.134. The Morgan fingerprint density at radius 2 is 2.25 bits per heavy atom. The third kappa shape index (κ3) is 2.85. The lowest BCUT2D eigenvalue weighted by molar-refractivity contribution is 0.642. The number of hydrogen-bond donors (Lipinski definition) is 3. The zero-order valence-electron chi connectivity index (χ0n) is 11.1. The van der Waals surface area contributed by atoms with Gasteiger partial charge in [0.1, 0.15) is 17.8 Å². The first-order chi connectivity index (χ1) is 9.63. The molecule has 0 spiro atoms. The van der Waals surface area contributed by atoms with Crippen LogP contribution in [0.15, 0.2) is 28.2 Å². The number of aromatic nitrogens is 4. The second-order valence-electron chi connectivity index (χ2n) is 4.23. The van der Waals surface area contributed by atoms with E-state index in [1.807, 2.05) is 6.92 Å². The topological polar surface area (TPSA) is 119 Å². The monoisotopic (exact) mass is 276 g/mol. The molecule has 106 valence electrons. The van der Waals surface area contributed by atoms with E-state index in [-0.39, 0.29) is 11.5 Å². The van der Waals surface area contributed by atoms with Gasteiger partial charge >= 0.3 is 5.69 Å². The molecule has 0 bridgehead atoms. The van der Waals surface area contributed by atoms with Gasteiger partial charge in [0, 0.05) is 12.7 Å². The maximum absolute atomic E-state index is 11.8. The summed E-state index contributed by atoms with van der Waals surface area (Å²) in [4.78, 5) is 33.5. The van der Waals surface area contributed by atoms with Gasteiger partial charge in [-0.05, 0) is 12.5 Å². The molecule has 0 aromatic carbocycles. The molecule has 2 aromatic heterocycles. The standard InChI is InChI=1S/C12H16N6O2/c1-2-5-18-10(13)9(11(19)17-12(18)20)15-6-8-3-4-14-7-16-8/h3-4,7,15H,2,5-6,13H2,1H3,(H,17,19,20). The lowest BCUT2D eigenvalue weighted by Gasteiger charge is -2.12. The molecule has 0 unspecified atom stereocenters. The predicted octanol–water partition coefficient (Wildman–Crippen LogP) is -0.0691. The second kappa shape index (κ2) is 6.00. The van der Waals surface area contributed by atoms with Gasteiger partial charge < -0.3 is 11.1 Å². The van der Waals surface area contributed by atoms with Crippen LogP contribution in [-0.2, 0) is 13.1 Å². The third-order valence-electron chi connectivity index (χ3n) is 2.78. The van der Waals surface area contributed by atoms with Gasteiger partial charge in [-0.1, -0.05) is 6.92 Å². The van der Waals surface area contributed by atoms with Gasteiger partial charge in [0.25, 0.3) is 5.56 Å². The Morgan fingerprint density at radius 1 is 1.45 bits per heavy atom. The number of rotatable bonds is 5. The maximum atomic E-state index is 11.8. The minimum absolute atomic E-state index is 0.134. The fraction of sp³-hybridized carbons (Fsp3) is 0.333. The molecule has 0 aliphatic heterocycles. The summed E-state index contributed by atoms with van der Waals surface area (Å²) >= 11 is 0. The van der Waals surface area contributed by atoms with Crippen molar-refractivity contribution in [3.8, 4) is 0 Å². The number of nitrogens with one attached hydrogen (secondary N) is 2. The van der Waals surface area contributed by atoms with E-state index in [1.54, 1.807) is 12.3 Å². The molecule has 8 heteroatoms. The molecule has 8 nitrogen and oxygen atoms in total. The highest BCUT2D eigenvalue weighted by molar-refractivity contribution is 5.60. The van der Waals surface area contributed by atoms with Gasteiger partial charge in [0.05, 0.1) is 12.2 Å². The van der Waals surface area contributed by atoms with E-state index in [2.05, 4.69) is 20.3 Å². The van der Waals surface area contributed by atoms with E-state index < -0.39 is 11.2 Å². The number of H-pyrrole nitrogens is 1. The highest BCUT2D eigenvalue weighted by atomic mass is 16.2. The van der Waals surface area contributed by atoms with Crippen LogP contribution in [0.5, 0.6) is 0 Å². The van der Waals surface area contributed by atoms with Gasteiger partial charge in [-0.25, -0.2) is 14.8 Å². The van der Waals surface area contributed by atoms with Crippen LogP contribution in [0.1, 0.15) is 19.0 Å². The van der Waals surface area contributed by atoms with Crippen LogP contribution in [0.2, 0.25) is 0 Å². The van der Waals surface area contributed by atoms with Crippen molar-refractivity contribution in [2.45, 2.75) is 26.4 Å². The molecule has 20 heavy (non-hydrogen) atoms. The smallest absolute Gasteiger partial charge is 0.330 e. The molecule has 0 atom stereocenters. The summed E-state index contributed by atoms with van der Waals surface area (Å²) in [5, 5.41) is 2.90. The average molecular weight is 276 g/mol. The molecule has 0 saturated carbocycles. The van der Waals surface area contributed by atoms with E-state index >= 15 is 0 Å². The van der Waals surface area contributed by atoms with Crippen molar-refractivity contribution >= 4 is 11.5 Å². The molecular weight excluding hydrogens is 260 g/mol. The molecule has 2 rings (SSSR count). The molecule has 0 radical (unpaired) electrons. The van der Waals surface area contributed by atoms with E-state index in [4.69, 9.17) is 5.73 Å². The number of anilines is 2. The quantitative estimate of drug-likeness (QED) is 0.703. The van der Waals surface area contributed by atoms with Gasteiger partial charge in [-0.15, -0.1) is 0 Å². The molecule has 0 aliphatic rings. The third-order valence-corrected chi connectivity index (χ3v) is 2.78.